The maximum absolute atomic E-state index is 12.6. The van der Waals surface area contributed by atoms with Crippen LogP contribution in [0, 0.1) is 0 Å². The van der Waals surface area contributed by atoms with E-state index in [1.54, 1.807) is 61.6 Å². The molecule has 21 heavy (non-hydrogen) atoms. The normalized spacial score (nSPS) is 12.4. The van der Waals surface area contributed by atoms with Gasteiger partial charge in [0.25, 0.3) is 5.56 Å². The highest BCUT2D eigenvalue weighted by Crippen LogP contribution is 2.29. The molecule has 0 amide bonds. The first-order valence-electron chi connectivity index (χ1n) is 6.39. The van der Waals surface area contributed by atoms with Gasteiger partial charge in [0.1, 0.15) is 5.75 Å². The number of rotatable bonds is 2. The summed E-state index contributed by atoms with van der Waals surface area (Å²) in [6.45, 7) is 0. The first kappa shape index (κ1) is 13.6. The van der Waals surface area contributed by atoms with Crippen molar-refractivity contribution in [3.63, 3.8) is 0 Å². The lowest BCUT2D eigenvalue weighted by molar-refractivity contribution is 0.463. The van der Waals surface area contributed by atoms with E-state index >= 15 is 0 Å². The average molecular weight is 299 g/mol. The predicted molar refractivity (Wildman–Crippen MR) is 82.0 cm³/mol. The molecule has 0 aliphatic rings. The van der Waals surface area contributed by atoms with Gasteiger partial charge >= 0.3 is 0 Å². The fourth-order valence-corrected chi connectivity index (χ4v) is 3.50. The van der Waals surface area contributed by atoms with E-state index in [2.05, 4.69) is 0 Å². The molecular formula is C16H13NO3S. The van der Waals surface area contributed by atoms with Crippen molar-refractivity contribution >= 4 is 21.7 Å². The standard InChI is InChI=1S/C16H13NO3S/c1-17-13-10-6-5-9-12(13)14(18)15(16(17)19)21(20)11-7-3-2-4-8-11/h2-10,18H,1H3/t21-/m0/s1. The molecule has 2 aromatic carbocycles. The minimum absolute atomic E-state index is 0.0811. The third-order valence-electron chi connectivity index (χ3n) is 3.38. The lowest BCUT2D eigenvalue weighted by Crippen LogP contribution is -2.22. The van der Waals surface area contributed by atoms with Crippen molar-refractivity contribution in [3.05, 3.63) is 65.0 Å². The summed E-state index contributed by atoms with van der Waals surface area (Å²) in [5, 5.41) is 10.9. The van der Waals surface area contributed by atoms with Crippen LogP contribution in [-0.2, 0) is 17.8 Å². The van der Waals surface area contributed by atoms with Crippen molar-refractivity contribution in [1.82, 2.24) is 4.57 Å². The molecule has 1 atom stereocenters. The summed E-state index contributed by atoms with van der Waals surface area (Å²) in [6, 6.07) is 15.6. The Bertz CT molecular complexity index is 901. The third-order valence-corrected chi connectivity index (χ3v) is 4.82. The van der Waals surface area contributed by atoms with Crippen molar-refractivity contribution in [2.45, 2.75) is 9.79 Å². The summed E-state index contributed by atoms with van der Waals surface area (Å²) in [4.78, 5) is 12.8. The van der Waals surface area contributed by atoms with E-state index in [1.807, 2.05) is 0 Å². The van der Waals surface area contributed by atoms with Crippen molar-refractivity contribution in [2.75, 3.05) is 0 Å². The summed E-state index contributed by atoms with van der Waals surface area (Å²) in [5.74, 6) is -0.212. The van der Waals surface area contributed by atoms with Crippen LogP contribution >= 0.6 is 0 Å². The minimum Gasteiger partial charge on any atom is -0.506 e. The number of nitrogens with zero attached hydrogens (tertiary/aromatic N) is 1. The number of aromatic nitrogens is 1. The van der Waals surface area contributed by atoms with Crippen LogP contribution < -0.4 is 5.56 Å². The highest BCUT2D eigenvalue weighted by atomic mass is 32.2. The zero-order valence-electron chi connectivity index (χ0n) is 11.3. The molecule has 0 unspecified atom stereocenters. The molecule has 0 aliphatic carbocycles. The molecule has 3 aromatic rings. The average Bonchev–Trinajstić information content (AvgIpc) is 2.53. The van der Waals surface area contributed by atoms with Gasteiger partial charge in [0.15, 0.2) is 4.90 Å². The molecule has 3 rings (SSSR count). The zero-order valence-corrected chi connectivity index (χ0v) is 12.1. The number of pyridine rings is 1. The van der Waals surface area contributed by atoms with Crippen molar-refractivity contribution < 1.29 is 9.32 Å². The largest absolute Gasteiger partial charge is 0.506 e. The van der Waals surface area contributed by atoms with E-state index < -0.39 is 16.4 Å². The van der Waals surface area contributed by atoms with Crippen LogP contribution in [0.3, 0.4) is 0 Å². The van der Waals surface area contributed by atoms with Gasteiger partial charge < -0.3 is 9.67 Å². The molecule has 0 aliphatic heterocycles. The molecule has 0 saturated carbocycles. The highest BCUT2D eigenvalue weighted by molar-refractivity contribution is 7.85. The molecule has 5 heteroatoms. The quantitative estimate of drug-likeness (QED) is 0.790. The van der Waals surface area contributed by atoms with Crippen molar-refractivity contribution in [1.29, 1.82) is 0 Å². The monoisotopic (exact) mass is 299 g/mol. The van der Waals surface area contributed by atoms with Crippen LogP contribution in [0.1, 0.15) is 0 Å². The summed E-state index contributed by atoms with van der Waals surface area (Å²) < 4.78 is 14.0. The second kappa shape index (κ2) is 5.18. The second-order valence-electron chi connectivity index (χ2n) is 4.64. The van der Waals surface area contributed by atoms with Gasteiger partial charge in [0.2, 0.25) is 0 Å². The Morgan fingerprint density at radius 3 is 2.33 bits per heavy atom. The van der Waals surface area contributed by atoms with E-state index in [-0.39, 0.29) is 10.6 Å². The lowest BCUT2D eigenvalue weighted by atomic mass is 10.2. The van der Waals surface area contributed by atoms with E-state index in [9.17, 15) is 14.1 Å². The molecule has 0 saturated heterocycles. The van der Waals surface area contributed by atoms with Gasteiger partial charge in [-0.25, -0.2) is 4.21 Å². The molecule has 0 fully saturated rings. The highest BCUT2D eigenvalue weighted by Gasteiger charge is 2.20. The lowest BCUT2D eigenvalue weighted by Gasteiger charge is -2.11. The van der Waals surface area contributed by atoms with Gasteiger partial charge in [-0.15, -0.1) is 0 Å². The van der Waals surface area contributed by atoms with E-state index in [1.165, 1.54) is 4.57 Å². The SMILES string of the molecule is Cn1c(=O)c([S@@](=O)c2ccccc2)c(O)c2ccccc21. The first-order chi connectivity index (χ1) is 10.1. The Labute approximate surface area is 123 Å². The van der Waals surface area contributed by atoms with E-state index in [0.717, 1.165) is 0 Å². The Morgan fingerprint density at radius 2 is 1.62 bits per heavy atom. The van der Waals surface area contributed by atoms with Gasteiger partial charge in [-0.05, 0) is 24.3 Å². The van der Waals surface area contributed by atoms with Gasteiger partial charge in [0.05, 0.1) is 16.3 Å². The summed E-state index contributed by atoms with van der Waals surface area (Å²) in [5.41, 5.74) is 0.155. The van der Waals surface area contributed by atoms with Gasteiger partial charge in [-0.2, -0.15) is 0 Å². The second-order valence-corrected chi connectivity index (χ2v) is 6.06. The first-order valence-corrected chi connectivity index (χ1v) is 7.53. The van der Waals surface area contributed by atoms with Gasteiger partial charge in [-0.1, -0.05) is 30.3 Å². The van der Waals surface area contributed by atoms with Crippen LogP contribution in [0.25, 0.3) is 10.9 Å². The molecule has 0 radical (unpaired) electrons. The zero-order chi connectivity index (χ0) is 15.0. The topological polar surface area (TPSA) is 59.3 Å². The molecule has 1 heterocycles. The minimum atomic E-state index is -1.72. The Morgan fingerprint density at radius 1 is 1.00 bits per heavy atom. The number of benzene rings is 2. The van der Waals surface area contributed by atoms with Crippen LogP contribution in [0.15, 0.2) is 69.2 Å². The van der Waals surface area contributed by atoms with E-state index in [4.69, 9.17) is 0 Å². The molecule has 4 nitrogen and oxygen atoms in total. The number of fused-ring (bicyclic) bond motifs is 1. The number of aryl methyl sites for hydroxylation is 1. The fourth-order valence-electron chi connectivity index (χ4n) is 2.28. The maximum Gasteiger partial charge on any atom is 0.271 e. The summed E-state index contributed by atoms with van der Waals surface area (Å²) in [6.07, 6.45) is 0. The van der Waals surface area contributed by atoms with Crippen LogP contribution in [0.5, 0.6) is 5.75 Å². The maximum atomic E-state index is 12.6. The van der Waals surface area contributed by atoms with Gasteiger partial charge in [-0.3, -0.25) is 4.79 Å². The predicted octanol–water partition coefficient (Wildman–Crippen LogP) is 2.41. The molecular weight excluding hydrogens is 286 g/mol. The van der Waals surface area contributed by atoms with Gasteiger partial charge in [0, 0.05) is 17.3 Å². The van der Waals surface area contributed by atoms with Crippen molar-refractivity contribution in [3.8, 4) is 5.75 Å². The molecule has 0 bridgehead atoms. The summed E-state index contributed by atoms with van der Waals surface area (Å²) in [7, 11) is -0.113. The van der Waals surface area contributed by atoms with Crippen LogP contribution in [-0.4, -0.2) is 13.9 Å². The summed E-state index contributed by atoms with van der Waals surface area (Å²) >= 11 is 0. The number of para-hydroxylation sites is 1. The molecule has 1 aromatic heterocycles. The van der Waals surface area contributed by atoms with E-state index in [0.29, 0.717) is 15.8 Å². The Kier molecular flexibility index (Phi) is 3.35. The molecule has 0 spiro atoms. The number of aromatic hydroxyl groups is 1. The fraction of sp³-hybridized carbons (Fsp3) is 0.0625. The Hall–Kier alpha value is -2.40. The smallest absolute Gasteiger partial charge is 0.271 e. The number of hydrogen-bond acceptors (Lipinski definition) is 3. The van der Waals surface area contributed by atoms with Crippen molar-refractivity contribution in [2.24, 2.45) is 7.05 Å². The molecule has 106 valence electrons. The Balaban J connectivity index is 2.34. The van der Waals surface area contributed by atoms with Crippen LogP contribution in [0.4, 0.5) is 0 Å². The molecule has 1 N–H and O–H groups in total. The third kappa shape index (κ3) is 2.15. The number of hydrogen-bond donors (Lipinski definition) is 1. The van der Waals surface area contributed by atoms with Crippen LogP contribution in [0.2, 0.25) is 0 Å².